The Morgan fingerprint density at radius 2 is 2.04 bits per heavy atom. The van der Waals surface area contributed by atoms with Crippen LogP contribution in [0.3, 0.4) is 0 Å². The van der Waals surface area contributed by atoms with Crippen molar-refractivity contribution in [1.82, 2.24) is 14.1 Å². The minimum atomic E-state index is -3.28. The minimum Gasteiger partial charge on any atom is -0.322 e. The Morgan fingerprint density at radius 1 is 1.28 bits per heavy atom. The number of carbonyl (C=O) groups is 1. The highest BCUT2D eigenvalue weighted by Crippen LogP contribution is 2.22. The Balaban J connectivity index is 1.77. The monoisotopic (exact) mass is 362 g/mol. The summed E-state index contributed by atoms with van der Waals surface area (Å²) in [5.74, 6) is -0.238. The lowest BCUT2D eigenvalue weighted by Crippen LogP contribution is -2.34. The van der Waals surface area contributed by atoms with E-state index in [0.717, 1.165) is 22.5 Å². The Morgan fingerprint density at radius 3 is 2.72 bits per heavy atom. The highest BCUT2D eigenvalue weighted by atomic mass is 32.2. The summed E-state index contributed by atoms with van der Waals surface area (Å²) in [5.41, 5.74) is 4.55. The lowest BCUT2D eigenvalue weighted by atomic mass is 10.1. The molecular formula is C17H22N4O3S. The number of rotatable bonds is 4. The fourth-order valence-corrected chi connectivity index (χ4v) is 4.41. The van der Waals surface area contributed by atoms with Crippen LogP contribution in [0.2, 0.25) is 0 Å². The van der Waals surface area contributed by atoms with Crippen LogP contribution in [0.25, 0.3) is 5.69 Å². The SMILES string of the molecule is Cc1ccc(C)c(-n2ncc(NC(=O)CN3CCCS3(=O)=O)c2C)c1. The summed E-state index contributed by atoms with van der Waals surface area (Å²) < 4.78 is 26.6. The topological polar surface area (TPSA) is 84.3 Å². The molecule has 25 heavy (non-hydrogen) atoms. The Bertz CT molecular complexity index is 918. The molecule has 0 spiro atoms. The number of carbonyl (C=O) groups excluding carboxylic acids is 1. The molecule has 0 bridgehead atoms. The van der Waals surface area contributed by atoms with Crippen molar-refractivity contribution in [3.05, 3.63) is 41.2 Å². The minimum absolute atomic E-state index is 0.115. The molecule has 0 unspecified atom stereocenters. The standard InChI is InChI=1S/C17H22N4O3S/c1-12-5-6-13(2)16(9-12)21-14(3)15(10-18-21)19-17(22)11-20-7-4-8-25(20,23)24/h5-6,9-10H,4,7-8,11H2,1-3H3,(H,19,22). The van der Waals surface area contributed by atoms with E-state index in [1.165, 1.54) is 4.31 Å². The molecule has 3 rings (SSSR count). The Hall–Kier alpha value is -2.19. The molecule has 1 saturated heterocycles. The molecule has 0 atom stereocenters. The number of hydrogen-bond donors (Lipinski definition) is 1. The van der Waals surface area contributed by atoms with E-state index in [4.69, 9.17) is 0 Å². The predicted molar refractivity (Wildman–Crippen MR) is 96.4 cm³/mol. The summed E-state index contributed by atoms with van der Waals surface area (Å²) >= 11 is 0. The first-order valence-corrected chi connectivity index (χ1v) is 9.79. The molecule has 0 aliphatic carbocycles. The van der Waals surface area contributed by atoms with Crippen molar-refractivity contribution in [2.24, 2.45) is 0 Å². The third kappa shape index (κ3) is 3.59. The highest BCUT2D eigenvalue weighted by Gasteiger charge is 2.30. The van der Waals surface area contributed by atoms with Crippen molar-refractivity contribution < 1.29 is 13.2 Å². The van der Waals surface area contributed by atoms with Crippen molar-refractivity contribution in [1.29, 1.82) is 0 Å². The number of hydrogen-bond acceptors (Lipinski definition) is 4. The number of nitrogens with zero attached hydrogens (tertiary/aromatic N) is 3. The molecule has 1 aliphatic heterocycles. The molecule has 2 aromatic rings. The van der Waals surface area contributed by atoms with Gasteiger partial charge >= 0.3 is 0 Å². The van der Waals surface area contributed by atoms with Crippen molar-refractivity contribution >= 4 is 21.6 Å². The van der Waals surface area contributed by atoms with Gasteiger partial charge in [-0.15, -0.1) is 0 Å². The average molecular weight is 362 g/mol. The second kappa shape index (κ2) is 6.61. The fraction of sp³-hybridized carbons (Fsp3) is 0.412. The molecule has 134 valence electrons. The van der Waals surface area contributed by atoms with Crippen molar-refractivity contribution in [2.45, 2.75) is 27.2 Å². The summed E-state index contributed by atoms with van der Waals surface area (Å²) in [5, 5.41) is 7.14. The van der Waals surface area contributed by atoms with E-state index in [1.807, 2.05) is 39.0 Å². The number of aromatic nitrogens is 2. The third-order valence-corrected chi connectivity index (χ3v) is 6.30. The maximum absolute atomic E-state index is 12.2. The molecule has 1 aromatic heterocycles. The van der Waals surface area contributed by atoms with Gasteiger partial charge in [0.2, 0.25) is 15.9 Å². The van der Waals surface area contributed by atoms with Crippen LogP contribution < -0.4 is 5.32 Å². The Kier molecular flexibility index (Phi) is 4.66. The zero-order valence-corrected chi connectivity index (χ0v) is 15.4. The second-order valence-electron chi connectivity index (χ2n) is 6.40. The number of nitrogens with one attached hydrogen (secondary N) is 1. The van der Waals surface area contributed by atoms with Gasteiger partial charge in [-0.05, 0) is 44.4 Å². The van der Waals surface area contributed by atoms with E-state index in [1.54, 1.807) is 10.9 Å². The molecule has 2 heterocycles. The molecule has 1 N–H and O–H groups in total. The molecule has 1 aliphatic rings. The van der Waals surface area contributed by atoms with Crippen molar-refractivity contribution in [2.75, 3.05) is 24.2 Å². The molecular weight excluding hydrogens is 340 g/mol. The first-order chi connectivity index (χ1) is 11.8. The van der Waals surface area contributed by atoms with Gasteiger partial charge in [-0.3, -0.25) is 4.79 Å². The molecule has 8 heteroatoms. The van der Waals surface area contributed by atoms with E-state index in [-0.39, 0.29) is 18.2 Å². The number of sulfonamides is 1. The lowest BCUT2D eigenvalue weighted by Gasteiger charge is -2.14. The van der Waals surface area contributed by atoms with E-state index >= 15 is 0 Å². The van der Waals surface area contributed by atoms with Crippen LogP contribution in [0.1, 0.15) is 23.2 Å². The number of amides is 1. The summed E-state index contributed by atoms with van der Waals surface area (Å²) in [6.45, 7) is 6.14. The van der Waals surface area contributed by atoms with Gasteiger partial charge in [-0.1, -0.05) is 12.1 Å². The van der Waals surface area contributed by atoms with E-state index in [0.29, 0.717) is 18.7 Å². The van der Waals surface area contributed by atoms with Gasteiger partial charge in [0, 0.05) is 6.54 Å². The molecule has 0 radical (unpaired) electrons. The van der Waals surface area contributed by atoms with Crippen molar-refractivity contribution in [3.63, 3.8) is 0 Å². The van der Waals surface area contributed by atoms with Crippen LogP contribution >= 0.6 is 0 Å². The fourth-order valence-electron chi connectivity index (χ4n) is 2.94. The van der Waals surface area contributed by atoms with Crippen LogP contribution in [0.5, 0.6) is 0 Å². The van der Waals surface area contributed by atoms with Gasteiger partial charge < -0.3 is 5.32 Å². The normalized spacial score (nSPS) is 16.9. The quantitative estimate of drug-likeness (QED) is 0.898. The van der Waals surface area contributed by atoms with Crippen LogP contribution in [0.15, 0.2) is 24.4 Å². The van der Waals surface area contributed by atoms with Gasteiger partial charge in [-0.2, -0.15) is 9.40 Å². The van der Waals surface area contributed by atoms with Crippen LogP contribution in [-0.4, -0.2) is 47.3 Å². The van der Waals surface area contributed by atoms with E-state index in [9.17, 15) is 13.2 Å². The molecule has 1 aromatic carbocycles. The van der Waals surface area contributed by atoms with Crippen LogP contribution in [-0.2, 0) is 14.8 Å². The predicted octanol–water partition coefficient (Wildman–Crippen LogP) is 1.77. The summed E-state index contributed by atoms with van der Waals surface area (Å²) in [6, 6.07) is 6.11. The number of aryl methyl sites for hydroxylation is 2. The van der Waals surface area contributed by atoms with Crippen LogP contribution in [0.4, 0.5) is 5.69 Å². The first-order valence-electron chi connectivity index (χ1n) is 8.18. The zero-order valence-electron chi connectivity index (χ0n) is 14.6. The lowest BCUT2D eigenvalue weighted by molar-refractivity contribution is -0.116. The van der Waals surface area contributed by atoms with Crippen molar-refractivity contribution in [3.8, 4) is 5.69 Å². The van der Waals surface area contributed by atoms with Gasteiger partial charge in [-0.25, -0.2) is 13.1 Å². The second-order valence-corrected chi connectivity index (χ2v) is 8.49. The van der Waals surface area contributed by atoms with Gasteiger partial charge in [0.15, 0.2) is 0 Å². The van der Waals surface area contributed by atoms with E-state index < -0.39 is 10.0 Å². The summed E-state index contributed by atoms with van der Waals surface area (Å²) in [7, 11) is -3.28. The maximum atomic E-state index is 12.2. The first kappa shape index (κ1) is 17.6. The third-order valence-electron chi connectivity index (χ3n) is 4.40. The molecule has 0 saturated carbocycles. The maximum Gasteiger partial charge on any atom is 0.239 e. The van der Waals surface area contributed by atoms with Crippen LogP contribution in [0, 0.1) is 20.8 Å². The van der Waals surface area contributed by atoms with Gasteiger partial charge in [0.25, 0.3) is 0 Å². The number of anilines is 1. The average Bonchev–Trinajstić information content (AvgIpc) is 3.05. The summed E-state index contributed by atoms with van der Waals surface area (Å²) in [6.07, 6.45) is 2.16. The molecule has 1 amide bonds. The largest absolute Gasteiger partial charge is 0.322 e. The molecule has 1 fully saturated rings. The van der Waals surface area contributed by atoms with Gasteiger partial charge in [0.05, 0.1) is 35.6 Å². The highest BCUT2D eigenvalue weighted by molar-refractivity contribution is 7.89. The zero-order chi connectivity index (χ0) is 18.2. The van der Waals surface area contributed by atoms with Gasteiger partial charge in [0.1, 0.15) is 0 Å². The Labute approximate surface area is 147 Å². The smallest absolute Gasteiger partial charge is 0.239 e. The number of benzene rings is 1. The molecule has 7 nitrogen and oxygen atoms in total. The van der Waals surface area contributed by atoms with E-state index in [2.05, 4.69) is 10.4 Å². The summed E-state index contributed by atoms with van der Waals surface area (Å²) in [4.78, 5) is 12.2.